The zero-order valence-electron chi connectivity index (χ0n) is 13.3. The quantitative estimate of drug-likeness (QED) is 0.711. The fourth-order valence-electron chi connectivity index (χ4n) is 2.90. The molecule has 1 saturated carbocycles. The monoisotopic (exact) mass is 311 g/mol. The fraction of sp³-hybridized carbons (Fsp3) is 0.750. The van der Waals surface area contributed by atoms with Crippen molar-refractivity contribution in [3.05, 3.63) is 17.0 Å². The van der Waals surface area contributed by atoms with Gasteiger partial charge in [0.05, 0.1) is 0 Å². The van der Waals surface area contributed by atoms with E-state index in [2.05, 4.69) is 28.7 Å². The van der Waals surface area contributed by atoms with Gasteiger partial charge in [0, 0.05) is 25.3 Å². The van der Waals surface area contributed by atoms with Crippen molar-refractivity contribution in [2.24, 2.45) is 5.92 Å². The van der Waals surface area contributed by atoms with E-state index in [0.717, 1.165) is 12.4 Å². The molecule has 2 rings (SSSR count). The molecule has 0 amide bonds. The Kier molecular flexibility index (Phi) is 6.24. The summed E-state index contributed by atoms with van der Waals surface area (Å²) in [6, 6.07) is 2.47. The van der Waals surface area contributed by atoms with Crippen molar-refractivity contribution in [2.45, 2.75) is 59.1 Å². The molecule has 0 radical (unpaired) electrons. The van der Waals surface area contributed by atoms with Crippen molar-refractivity contribution in [2.75, 3.05) is 18.1 Å². The summed E-state index contributed by atoms with van der Waals surface area (Å²) in [7, 11) is 0. The summed E-state index contributed by atoms with van der Waals surface area (Å²) in [4.78, 5) is 11.4. The molecule has 0 aliphatic heterocycles. The molecule has 0 saturated heterocycles. The molecule has 0 bridgehead atoms. The molecule has 1 aromatic heterocycles. The summed E-state index contributed by atoms with van der Waals surface area (Å²) in [5.74, 6) is 2.21. The van der Waals surface area contributed by atoms with Gasteiger partial charge in [-0.1, -0.05) is 38.3 Å². The number of hydrogen-bond acceptors (Lipinski definition) is 4. The Morgan fingerprint density at radius 1 is 1.33 bits per heavy atom. The number of halogens is 1. The normalized spacial score (nSPS) is 15.9. The van der Waals surface area contributed by atoms with E-state index >= 15 is 0 Å². The molecule has 1 aliphatic carbocycles. The number of hydrogen-bond donors (Lipinski definition) is 0. The Morgan fingerprint density at radius 2 is 2.05 bits per heavy atom. The molecule has 4 nitrogen and oxygen atoms in total. The molecule has 0 unspecified atom stereocenters. The second kappa shape index (κ2) is 7.95. The number of ether oxygens (including phenoxy) is 1. The van der Waals surface area contributed by atoms with Gasteiger partial charge in [-0.25, -0.2) is 9.97 Å². The van der Waals surface area contributed by atoms with Crippen LogP contribution in [0.15, 0.2) is 6.07 Å². The lowest BCUT2D eigenvalue weighted by molar-refractivity contribution is 0.128. The van der Waals surface area contributed by atoms with E-state index in [0.29, 0.717) is 36.2 Å². The van der Waals surface area contributed by atoms with Crippen LogP contribution in [0.1, 0.15) is 52.3 Å². The van der Waals surface area contributed by atoms with Crippen LogP contribution in [0.5, 0.6) is 0 Å². The van der Waals surface area contributed by atoms with Crippen LogP contribution in [0.4, 0.5) is 5.82 Å². The Hall–Kier alpha value is -0.870. The highest BCUT2D eigenvalue weighted by molar-refractivity contribution is 6.29. The Balaban J connectivity index is 2.22. The van der Waals surface area contributed by atoms with Gasteiger partial charge in [0.25, 0.3) is 0 Å². The van der Waals surface area contributed by atoms with Crippen LogP contribution in [-0.2, 0) is 11.3 Å². The molecular weight excluding hydrogens is 286 g/mol. The number of anilines is 1. The van der Waals surface area contributed by atoms with Crippen LogP contribution in [0.25, 0.3) is 0 Å². The van der Waals surface area contributed by atoms with Gasteiger partial charge in [0.15, 0.2) is 5.82 Å². The largest absolute Gasteiger partial charge is 0.374 e. The molecule has 5 heteroatoms. The summed E-state index contributed by atoms with van der Waals surface area (Å²) in [6.45, 7) is 8.53. The number of aromatic nitrogens is 2. The third-order valence-electron chi connectivity index (χ3n) is 3.78. The van der Waals surface area contributed by atoms with E-state index in [4.69, 9.17) is 16.3 Å². The van der Waals surface area contributed by atoms with Crippen molar-refractivity contribution in [1.82, 2.24) is 9.97 Å². The van der Waals surface area contributed by atoms with E-state index in [9.17, 15) is 0 Å². The minimum Gasteiger partial charge on any atom is -0.374 e. The van der Waals surface area contributed by atoms with Crippen molar-refractivity contribution in [1.29, 1.82) is 0 Å². The second-order valence-electron chi connectivity index (χ2n) is 6.09. The molecular formula is C16H26ClN3O. The first-order chi connectivity index (χ1) is 10.1. The minimum atomic E-state index is 0.421. The van der Waals surface area contributed by atoms with Gasteiger partial charge in [0.1, 0.15) is 17.6 Å². The summed E-state index contributed by atoms with van der Waals surface area (Å²) in [6.07, 6.45) is 5.11. The van der Waals surface area contributed by atoms with Crippen LogP contribution in [-0.4, -0.2) is 29.2 Å². The Bertz CT molecular complexity index is 447. The zero-order valence-corrected chi connectivity index (χ0v) is 14.1. The highest BCUT2D eigenvalue weighted by atomic mass is 35.5. The van der Waals surface area contributed by atoms with Crippen LogP contribution in [0.3, 0.4) is 0 Å². The maximum atomic E-state index is 6.18. The van der Waals surface area contributed by atoms with Gasteiger partial charge in [-0.15, -0.1) is 0 Å². The molecule has 0 aromatic carbocycles. The van der Waals surface area contributed by atoms with Crippen molar-refractivity contribution in [3.8, 4) is 0 Å². The Labute approximate surface area is 132 Å². The molecule has 0 spiro atoms. The summed E-state index contributed by atoms with van der Waals surface area (Å²) < 4.78 is 5.41. The number of nitrogens with zero attached hydrogens (tertiary/aromatic N) is 3. The molecule has 21 heavy (non-hydrogen) atoms. The lowest BCUT2D eigenvalue weighted by Crippen LogP contribution is -2.37. The van der Waals surface area contributed by atoms with E-state index < -0.39 is 0 Å². The average molecular weight is 312 g/mol. The van der Waals surface area contributed by atoms with Crippen LogP contribution < -0.4 is 4.90 Å². The lowest BCUT2D eigenvalue weighted by atomic mass is 10.1. The van der Waals surface area contributed by atoms with Gasteiger partial charge in [-0.2, -0.15) is 0 Å². The molecule has 0 N–H and O–H groups in total. The second-order valence-corrected chi connectivity index (χ2v) is 6.47. The number of rotatable bonds is 7. The van der Waals surface area contributed by atoms with Crippen LogP contribution >= 0.6 is 11.6 Å². The molecule has 0 atom stereocenters. The smallest absolute Gasteiger partial charge is 0.158 e. The van der Waals surface area contributed by atoms with Crippen LogP contribution in [0, 0.1) is 5.92 Å². The zero-order chi connectivity index (χ0) is 15.2. The van der Waals surface area contributed by atoms with E-state index in [1.54, 1.807) is 0 Å². The van der Waals surface area contributed by atoms with Crippen molar-refractivity contribution in [3.63, 3.8) is 0 Å². The van der Waals surface area contributed by atoms with Gasteiger partial charge in [0.2, 0.25) is 0 Å². The van der Waals surface area contributed by atoms with E-state index in [1.165, 1.54) is 25.7 Å². The average Bonchev–Trinajstić information content (AvgIpc) is 2.95. The van der Waals surface area contributed by atoms with Crippen molar-refractivity contribution >= 4 is 17.4 Å². The maximum Gasteiger partial charge on any atom is 0.158 e. The van der Waals surface area contributed by atoms with E-state index in [1.807, 2.05) is 13.0 Å². The van der Waals surface area contributed by atoms with Gasteiger partial charge < -0.3 is 9.64 Å². The van der Waals surface area contributed by atoms with Crippen molar-refractivity contribution < 1.29 is 4.74 Å². The van der Waals surface area contributed by atoms with Gasteiger partial charge in [-0.05, 0) is 25.7 Å². The molecule has 118 valence electrons. The first-order valence-electron chi connectivity index (χ1n) is 7.98. The topological polar surface area (TPSA) is 38.2 Å². The van der Waals surface area contributed by atoms with Gasteiger partial charge >= 0.3 is 0 Å². The third kappa shape index (κ3) is 4.82. The first kappa shape index (κ1) is 16.5. The van der Waals surface area contributed by atoms with Gasteiger partial charge in [-0.3, -0.25) is 0 Å². The molecule has 1 heterocycles. The fourth-order valence-corrected chi connectivity index (χ4v) is 3.09. The predicted molar refractivity (Wildman–Crippen MR) is 86.8 cm³/mol. The molecule has 1 aliphatic rings. The predicted octanol–water partition coefficient (Wildman–Crippen LogP) is 4.07. The lowest BCUT2D eigenvalue weighted by Gasteiger charge is -2.32. The molecule has 1 fully saturated rings. The SMILES string of the molecule is CCOCc1nc(Cl)cc(N(CC(C)C)C2CCCC2)n1. The maximum absolute atomic E-state index is 6.18. The third-order valence-corrected chi connectivity index (χ3v) is 3.98. The summed E-state index contributed by atoms with van der Waals surface area (Å²) >= 11 is 6.18. The summed E-state index contributed by atoms with van der Waals surface area (Å²) in [5, 5.41) is 0.501. The van der Waals surface area contributed by atoms with E-state index in [-0.39, 0.29) is 0 Å². The molecule has 1 aromatic rings. The Morgan fingerprint density at radius 3 is 2.67 bits per heavy atom. The first-order valence-corrected chi connectivity index (χ1v) is 8.35. The highest BCUT2D eigenvalue weighted by Gasteiger charge is 2.25. The standard InChI is InChI=1S/C16H26ClN3O/c1-4-21-11-15-18-14(17)9-16(19-15)20(10-12(2)3)13-7-5-6-8-13/h9,12-13H,4-8,10-11H2,1-3H3. The van der Waals surface area contributed by atoms with Crippen LogP contribution in [0.2, 0.25) is 5.15 Å². The minimum absolute atomic E-state index is 0.421. The highest BCUT2D eigenvalue weighted by Crippen LogP contribution is 2.29. The summed E-state index contributed by atoms with van der Waals surface area (Å²) in [5.41, 5.74) is 0.